The van der Waals surface area contributed by atoms with E-state index < -0.39 is 5.97 Å². The molecule has 0 saturated heterocycles. The van der Waals surface area contributed by atoms with Gasteiger partial charge in [-0.2, -0.15) is 0 Å². The van der Waals surface area contributed by atoms with Gasteiger partial charge < -0.3 is 15.2 Å². The molecule has 2 N–H and O–H groups in total. The summed E-state index contributed by atoms with van der Waals surface area (Å²) in [6.07, 6.45) is 7.64. The number of amides is 1. The van der Waals surface area contributed by atoms with Crippen LogP contribution in [0, 0.1) is 5.92 Å². The van der Waals surface area contributed by atoms with Crippen molar-refractivity contribution >= 4 is 17.6 Å². The number of carboxylic acid groups (broad SMARTS) is 1. The monoisotopic (exact) mass is 319 g/mol. The van der Waals surface area contributed by atoms with Crippen LogP contribution in [0.1, 0.15) is 51.4 Å². The van der Waals surface area contributed by atoms with Gasteiger partial charge in [0.1, 0.15) is 5.75 Å². The smallest absolute Gasteiger partial charge is 0.303 e. The maximum atomic E-state index is 11.5. The number of hydrogen-bond donors (Lipinski definition) is 2. The van der Waals surface area contributed by atoms with E-state index in [2.05, 4.69) is 5.32 Å². The van der Waals surface area contributed by atoms with E-state index in [1.54, 1.807) is 12.1 Å². The van der Waals surface area contributed by atoms with Gasteiger partial charge in [-0.15, -0.1) is 0 Å². The summed E-state index contributed by atoms with van der Waals surface area (Å²) in [6, 6.07) is 7.20. The minimum absolute atomic E-state index is 0.0189. The van der Waals surface area contributed by atoms with Gasteiger partial charge in [0.15, 0.2) is 0 Å². The quantitative estimate of drug-likeness (QED) is 0.763. The third-order valence-corrected chi connectivity index (χ3v) is 4.22. The molecular formula is C18H25NO4. The highest BCUT2D eigenvalue weighted by atomic mass is 16.5. The number of carboxylic acids is 1. The van der Waals surface area contributed by atoms with E-state index in [9.17, 15) is 9.59 Å². The average molecular weight is 319 g/mol. The predicted octanol–water partition coefficient (Wildman–Crippen LogP) is 3.84. The number of anilines is 1. The summed E-state index contributed by atoms with van der Waals surface area (Å²) in [5, 5.41) is 11.2. The molecule has 0 aliphatic heterocycles. The Kier molecular flexibility index (Phi) is 6.91. The maximum absolute atomic E-state index is 11.5. The molecule has 1 aliphatic carbocycles. The second kappa shape index (κ2) is 9.18. The first-order valence-corrected chi connectivity index (χ1v) is 8.38. The number of carbonyl (C=O) groups is 2. The Morgan fingerprint density at radius 1 is 1.09 bits per heavy atom. The summed E-state index contributed by atoms with van der Waals surface area (Å²) in [7, 11) is 0. The van der Waals surface area contributed by atoms with Crippen molar-refractivity contribution < 1.29 is 19.4 Å². The zero-order valence-corrected chi connectivity index (χ0v) is 13.4. The molecule has 5 heteroatoms. The van der Waals surface area contributed by atoms with Crippen LogP contribution in [0.25, 0.3) is 0 Å². The van der Waals surface area contributed by atoms with Crippen molar-refractivity contribution in [3.05, 3.63) is 24.3 Å². The maximum Gasteiger partial charge on any atom is 0.303 e. The average Bonchev–Trinajstić information content (AvgIpc) is 2.56. The van der Waals surface area contributed by atoms with Crippen LogP contribution in [0.2, 0.25) is 0 Å². The highest BCUT2D eigenvalue weighted by Crippen LogP contribution is 2.26. The van der Waals surface area contributed by atoms with Crippen LogP contribution < -0.4 is 10.1 Å². The number of nitrogens with one attached hydrogen (secondary N) is 1. The molecular weight excluding hydrogens is 294 g/mol. The number of carbonyl (C=O) groups excluding carboxylic acids is 1. The minimum Gasteiger partial charge on any atom is -0.494 e. The Labute approximate surface area is 137 Å². The Morgan fingerprint density at radius 2 is 1.78 bits per heavy atom. The summed E-state index contributed by atoms with van der Waals surface area (Å²) >= 11 is 0. The van der Waals surface area contributed by atoms with Gasteiger partial charge in [-0.1, -0.05) is 32.1 Å². The van der Waals surface area contributed by atoms with Crippen LogP contribution in [-0.2, 0) is 9.59 Å². The van der Waals surface area contributed by atoms with Crippen LogP contribution in [0.3, 0.4) is 0 Å². The molecule has 2 rings (SSSR count). The van der Waals surface area contributed by atoms with E-state index in [0.29, 0.717) is 5.69 Å². The Hall–Kier alpha value is -2.04. The molecule has 0 spiro atoms. The summed E-state index contributed by atoms with van der Waals surface area (Å²) in [5.41, 5.74) is 0.653. The molecule has 0 radical (unpaired) electrons. The van der Waals surface area contributed by atoms with Crippen molar-refractivity contribution in [1.82, 2.24) is 0 Å². The topological polar surface area (TPSA) is 75.6 Å². The fourth-order valence-electron chi connectivity index (χ4n) is 2.90. The summed E-state index contributed by atoms with van der Waals surface area (Å²) in [4.78, 5) is 22.0. The van der Waals surface area contributed by atoms with Crippen molar-refractivity contribution in [3.63, 3.8) is 0 Å². The Balaban J connectivity index is 1.69. The third kappa shape index (κ3) is 6.72. The van der Waals surface area contributed by atoms with Gasteiger partial charge in [0.25, 0.3) is 0 Å². The second-order valence-electron chi connectivity index (χ2n) is 6.11. The predicted molar refractivity (Wildman–Crippen MR) is 88.6 cm³/mol. The lowest BCUT2D eigenvalue weighted by Crippen LogP contribution is -2.13. The molecule has 1 aromatic carbocycles. The summed E-state index contributed by atoms with van der Waals surface area (Å²) in [5.74, 6) is 0.334. The first kappa shape index (κ1) is 17.3. The van der Waals surface area contributed by atoms with Crippen molar-refractivity contribution in [1.29, 1.82) is 0 Å². The van der Waals surface area contributed by atoms with Crippen molar-refractivity contribution in [2.24, 2.45) is 5.92 Å². The molecule has 1 aromatic rings. The van der Waals surface area contributed by atoms with Gasteiger partial charge in [0, 0.05) is 12.1 Å². The summed E-state index contributed by atoms with van der Waals surface area (Å²) < 4.78 is 5.76. The van der Waals surface area contributed by atoms with E-state index in [-0.39, 0.29) is 18.7 Å². The van der Waals surface area contributed by atoms with Crippen LogP contribution in [0.5, 0.6) is 5.75 Å². The SMILES string of the molecule is O=C(O)CCC(=O)Nc1ccc(OCCC2CCCCC2)cc1. The van der Waals surface area contributed by atoms with E-state index in [0.717, 1.165) is 24.7 Å². The van der Waals surface area contributed by atoms with Gasteiger partial charge in [-0.25, -0.2) is 0 Å². The standard InChI is InChI=1S/C18H25NO4/c20-17(10-11-18(21)22)19-15-6-8-16(9-7-15)23-13-12-14-4-2-1-3-5-14/h6-9,14H,1-5,10-13H2,(H,19,20)(H,21,22). The number of aliphatic carboxylic acids is 1. The molecule has 5 nitrogen and oxygen atoms in total. The molecule has 1 fully saturated rings. The van der Waals surface area contributed by atoms with Gasteiger partial charge in [0.2, 0.25) is 5.91 Å². The summed E-state index contributed by atoms with van der Waals surface area (Å²) in [6.45, 7) is 0.731. The molecule has 23 heavy (non-hydrogen) atoms. The van der Waals surface area contributed by atoms with Crippen molar-refractivity contribution in [2.45, 2.75) is 51.4 Å². The largest absolute Gasteiger partial charge is 0.494 e. The van der Waals surface area contributed by atoms with E-state index in [4.69, 9.17) is 9.84 Å². The highest BCUT2D eigenvalue weighted by Gasteiger charge is 2.13. The molecule has 1 saturated carbocycles. The number of rotatable bonds is 8. The fourth-order valence-corrected chi connectivity index (χ4v) is 2.90. The van der Waals surface area contributed by atoms with Crippen LogP contribution >= 0.6 is 0 Å². The first-order valence-electron chi connectivity index (χ1n) is 8.38. The molecule has 1 aliphatic rings. The van der Waals surface area contributed by atoms with Crippen LogP contribution in [0.15, 0.2) is 24.3 Å². The number of ether oxygens (including phenoxy) is 1. The lowest BCUT2D eigenvalue weighted by molar-refractivity contribution is -0.138. The van der Waals surface area contributed by atoms with Crippen LogP contribution in [0.4, 0.5) is 5.69 Å². The van der Waals surface area contributed by atoms with Gasteiger partial charge in [-0.3, -0.25) is 9.59 Å². The molecule has 0 unspecified atom stereocenters. The zero-order chi connectivity index (χ0) is 16.5. The normalized spacial score (nSPS) is 15.1. The van der Waals surface area contributed by atoms with E-state index in [1.807, 2.05) is 12.1 Å². The number of benzene rings is 1. The second-order valence-corrected chi connectivity index (χ2v) is 6.11. The molecule has 0 aromatic heterocycles. The van der Waals surface area contributed by atoms with Crippen LogP contribution in [-0.4, -0.2) is 23.6 Å². The lowest BCUT2D eigenvalue weighted by Gasteiger charge is -2.21. The van der Waals surface area contributed by atoms with Gasteiger partial charge in [-0.05, 0) is 36.6 Å². The van der Waals surface area contributed by atoms with Gasteiger partial charge >= 0.3 is 5.97 Å². The highest BCUT2D eigenvalue weighted by molar-refractivity contribution is 5.92. The lowest BCUT2D eigenvalue weighted by atomic mass is 9.87. The molecule has 1 amide bonds. The molecule has 0 heterocycles. The van der Waals surface area contributed by atoms with E-state index >= 15 is 0 Å². The van der Waals surface area contributed by atoms with Gasteiger partial charge in [0.05, 0.1) is 13.0 Å². The Bertz CT molecular complexity index is 506. The third-order valence-electron chi connectivity index (χ3n) is 4.22. The number of hydrogen-bond acceptors (Lipinski definition) is 3. The Morgan fingerprint density at radius 3 is 2.43 bits per heavy atom. The van der Waals surface area contributed by atoms with Crippen molar-refractivity contribution in [2.75, 3.05) is 11.9 Å². The minimum atomic E-state index is -0.970. The van der Waals surface area contributed by atoms with Crippen molar-refractivity contribution in [3.8, 4) is 5.75 Å². The molecule has 0 atom stereocenters. The molecule has 126 valence electrons. The first-order chi connectivity index (χ1) is 11.1. The zero-order valence-electron chi connectivity index (χ0n) is 13.4. The van der Waals surface area contributed by atoms with E-state index in [1.165, 1.54) is 32.1 Å². The fraction of sp³-hybridized carbons (Fsp3) is 0.556. The molecule has 0 bridgehead atoms.